The third kappa shape index (κ3) is 2.09. The van der Waals surface area contributed by atoms with Gasteiger partial charge >= 0.3 is 0 Å². The van der Waals surface area contributed by atoms with Crippen molar-refractivity contribution in [2.45, 2.75) is 44.6 Å². The molecule has 1 atom stereocenters. The summed E-state index contributed by atoms with van der Waals surface area (Å²) in [6.45, 7) is 2.00. The zero-order chi connectivity index (χ0) is 11.8. The largest absolute Gasteiger partial charge is 0.390 e. The van der Waals surface area contributed by atoms with Crippen LogP contribution in [0.25, 0.3) is 0 Å². The van der Waals surface area contributed by atoms with Crippen LogP contribution >= 0.6 is 0 Å². The summed E-state index contributed by atoms with van der Waals surface area (Å²) >= 11 is 0. The first-order valence-electron chi connectivity index (χ1n) is 5.73. The quantitative estimate of drug-likeness (QED) is 0.822. The van der Waals surface area contributed by atoms with Gasteiger partial charge in [0.25, 0.3) is 0 Å². The van der Waals surface area contributed by atoms with Gasteiger partial charge in [-0.25, -0.2) is 8.78 Å². The highest BCUT2D eigenvalue weighted by molar-refractivity contribution is 5.33. The molecule has 0 aromatic heterocycles. The second-order valence-corrected chi connectivity index (χ2v) is 4.68. The van der Waals surface area contributed by atoms with E-state index in [2.05, 4.69) is 0 Å². The predicted octanol–water partition coefficient (Wildman–Crippen LogP) is 2.98. The van der Waals surface area contributed by atoms with Crippen LogP contribution in [-0.2, 0) is 12.8 Å². The van der Waals surface area contributed by atoms with Crippen LogP contribution in [0.2, 0.25) is 0 Å². The highest BCUT2D eigenvalue weighted by atomic mass is 19.1. The molecule has 0 fully saturated rings. The highest BCUT2D eigenvalue weighted by Crippen LogP contribution is 2.33. The first-order valence-corrected chi connectivity index (χ1v) is 5.73. The second kappa shape index (κ2) is 4.13. The van der Waals surface area contributed by atoms with Gasteiger partial charge < -0.3 is 5.11 Å². The van der Waals surface area contributed by atoms with Gasteiger partial charge in [-0.3, -0.25) is 0 Å². The molecule has 1 aromatic carbocycles. The maximum absolute atomic E-state index is 13.4. The number of benzene rings is 1. The molecule has 1 aromatic rings. The number of rotatable bonds is 2. The summed E-state index contributed by atoms with van der Waals surface area (Å²) in [5.74, 6) is -1.04. The summed E-state index contributed by atoms with van der Waals surface area (Å²) in [6.07, 6.45) is 2.99. The van der Waals surface area contributed by atoms with Gasteiger partial charge in [0.05, 0.1) is 5.60 Å². The maximum Gasteiger partial charge on any atom is 0.129 e. The molecule has 3 heteroatoms. The summed E-state index contributed by atoms with van der Waals surface area (Å²) in [7, 11) is 0. The van der Waals surface area contributed by atoms with Crippen molar-refractivity contribution < 1.29 is 13.9 Å². The van der Waals surface area contributed by atoms with E-state index in [-0.39, 0.29) is 0 Å². The lowest BCUT2D eigenvalue weighted by molar-refractivity contribution is 0.0167. The zero-order valence-electron chi connectivity index (χ0n) is 9.39. The third-order valence-corrected chi connectivity index (χ3v) is 3.33. The molecule has 0 heterocycles. The fourth-order valence-corrected chi connectivity index (χ4v) is 2.57. The highest BCUT2D eigenvalue weighted by Gasteiger charge is 2.32. The Labute approximate surface area is 94.1 Å². The van der Waals surface area contributed by atoms with Gasteiger partial charge in [-0.15, -0.1) is 0 Å². The lowest BCUT2D eigenvalue weighted by atomic mass is 9.78. The molecule has 0 saturated carbocycles. The normalized spacial score (nSPS) is 24.2. The molecule has 0 amide bonds. The Morgan fingerprint density at radius 3 is 2.81 bits per heavy atom. The van der Waals surface area contributed by atoms with Crippen LogP contribution in [0.4, 0.5) is 8.78 Å². The minimum Gasteiger partial charge on any atom is -0.390 e. The molecule has 1 unspecified atom stereocenters. The molecule has 0 radical (unpaired) electrons. The lowest BCUT2D eigenvalue weighted by Gasteiger charge is -2.33. The molecular formula is C13H16F2O. The molecule has 1 aliphatic carbocycles. The average molecular weight is 226 g/mol. The van der Waals surface area contributed by atoms with E-state index < -0.39 is 17.2 Å². The number of fused-ring (bicyclic) bond motifs is 1. The summed E-state index contributed by atoms with van der Waals surface area (Å²) in [4.78, 5) is 0. The average Bonchev–Trinajstić information content (AvgIpc) is 2.15. The van der Waals surface area contributed by atoms with Gasteiger partial charge in [0.1, 0.15) is 11.6 Å². The Kier molecular flexibility index (Phi) is 2.98. The molecule has 0 spiro atoms. The molecule has 2 rings (SSSR count). The minimum atomic E-state index is -0.776. The maximum atomic E-state index is 13.4. The topological polar surface area (TPSA) is 20.2 Å². The van der Waals surface area contributed by atoms with Crippen LogP contribution in [0.3, 0.4) is 0 Å². The Balaban J connectivity index is 2.33. The molecule has 1 N–H and O–H groups in total. The molecule has 0 aliphatic heterocycles. The van der Waals surface area contributed by atoms with Gasteiger partial charge in [0.2, 0.25) is 0 Å². The van der Waals surface area contributed by atoms with Gasteiger partial charge in [-0.05, 0) is 36.5 Å². The van der Waals surface area contributed by atoms with Crippen molar-refractivity contribution in [3.05, 3.63) is 34.9 Å². The van der Waals surface area contributed by atoms with E-state index in [0.717, 1.165) is 12.5 Å². The standard InChI is InChI=1S/C13H16F2O/c1-2-4-13(16)5-3-11-9(8-13)6-10(14)7-12(11)15/h6-7,16H,2-5,8H2,1H3. The first kappa shape index (κ1) is 11.5. The molecular weight excluding hydrogens is 210 g/mol. The Morgan fingerprint density at radius 1 is 1.38 bits per heavy atom. The third-order valence-electron chi connectivity index (χ3n) is 3.33. The van der Waals surface area contributed by atoms with Gasteiger partial charge in [0, 0.05) is 12.5 Å². The number of hydrogen-bond donors (Lipinski definition) is 1. The zero-order valence-corrected chi connectivity index (χ0v) is 9.39. The lowest BCUT2D eigenvalue weighted by Crippen LogP contribution is -2.36. The number of halogens is 2. The summed E-state index contributed by atoms with van der Waals surface area (Å²) in [5, 5.41) is 10.3. The fraction of sp³-hybridized carbons (Fsp3) is 0.538. The van der Waals surface area contributed by atoms with Crippen molar-refractivity contribution in [1.29, 1.82) is 0 Å². The van der Waals surface area contributed by atoms with Crippen molar-refractivity contribution in [3.63, 3.8) is 0 Å². The fourth-order valence-electron chi connectivity index (χ4n) is 2.57. The van der Waals surface area contributed by atoms with Crippen molar-refractivity contribution in [2.75, 3.05) is 0 Å². The van der Waals surface area contributed by atoms with Crippen LogP contribution in [0.5, 0.6) is 0 Å². The van der Waals surface area contributed by atoms with Crippen molar-refractivity contribution in [3.8, 4) is 0 Å². The molecule has 0 saturated heterocycles. The second-order valence-electron chi connectivity index (χ2n) is 4.68. The Hall–Kier alpha value is -0.960. The summed E-state index contributed by atoms with van der Waals surface area (Å²) in [5.41, 5.74) is 0.420. The van der Waals surface area contributed by atoms with Crippen LogP contribution in [-0.4, -0.2) is 10.7 Å². The van der Waals surface area contributed by atoms with E-state index in [1.54, 1.807) is 0 Å². The summed E-state index contributed by atoms with van der Waals surface area (Å²) < 4.78 is 26.5. The molecule has 88 valence electrons. The van der Waals surface area contributed by atoms with Crippen molar-refractivity contribution >= 4 is 0 Å². The van der Waals surface area contributed by atoms with Gasteiger partial charge in [-0.2, -0.15) is 0 Å². The van der Waals surface area contributed by atoms with Crippen molar-refractivity contribution in [2.24, 2.45) is 0 Å². The van der Waals surface area contributed by atoms with E-state index >= 15 is 0 Å². The Morgan fingerprint density at radius 2 is 2.12 bits per heavy atom. The Bertz CT molecular complexity index is 403. The van der Waals surface area contributed by atoms with E-state index in [1.165, 1.54) is 6.07 Å². The predicted molar refractivity (Wildman–Crippen MR) is 58.2 cm³/mol. The smallest absolute Gasteiger partial charge is 0.129 e. The molecule has 16 heavy (non-hydrogen) atoms. The van der Waals surface area contributed by atoms with E-state index in [9.17, 15) is 13.9 Å². The number of hydrogen-bond acceptors (Lipinski definition) is 1. The SMILES string of the molecule is CCCC1(O)CCc2c(F)cc(F)cc2C1. The van der Waals surface area contributed by atoms with Crippen LogP contribution < -0.4 is 0 Å². The van der Waals surface area contributed by atoms with Crippen LogP contribution in [0.1, 0.15) is 37.3 Å². The van der Waals surface area contributed by atoms with E-state index in [0.29, 0.717) is 36.8 Å². The van der Waals surface area contributed by atoms with Crippen LogP contribution in [0.15, 0.2) is 12.1 Å². The molecule has 0 bridgehead atoms. The van der Waals surface area contributed by atoms with E-state index in [4.69, 9.17) is 0 Å². The molecule has 1 aliphatic rings. The summed E-state index contributed by atoms with van der Waals surface area (Å²) in [6, 6.07) is 2.27. The van der Waals surface area contributed by atoms with Crippen molar-refractivity contribution in [1.82, 2.24) is 0 Å². The van der Waals surface area contributed by atoms with Gasteiger partial charge in [-0.1, -0.05) is 13.3 Å². The first-order chi connectivity index (χ1) is 7.54. The molecule has 1 nitrogen and oxygen atoms in total. The van der Waals surface area contributed by atoms with Crippen LogP contribution in [0, 0.1) is 11.6 Å². The van der Waals surface area contributed by atoms with Gasteiger partial charge in [0.15, 0.2) is 0 Å². The number of aliphatic hydroxyl groups is 1. The monoisotopic (exact) mass is 226 g/mol. The van der Waals surface area contributed by atoms with E-state index in [1.807, 2.05) is 6.92 Å². The minimum absolute atomic E-state index is 0.366.